The van der Waals surface area contributed by atoms with Crippen molar-refractivity contribution in [3.8, 4) is 0 Å². The van der Waals surface area contributed by atoms with E-state index in [4.69, 9.17) is 0 Å². The summed E-state index contributed by atoms with van der Waals surface area (Å²) in [6, 6.07) is 12.0. The number of benzene rings is 1. The summed E-state index contributed by atoms with van der Waals surface area (Å²) in [6.07, 6.45) is 2.70. The van der Waals surface area contributed by atoms with Gasteiger partial charge in [-0.1, -0.05) is 30.3 Å². The number of nitrogens with one attached hydrogen (secondary N) is 1. The first-order chi connectivity index (χ1) is 9.74. The second-order valence-electron chi connectivity index (χ2n) is 6.54. The van der Waals surface area contributed by atoms with Crippen LogP contribution in [0.25, 0.3) is 0 Å². The highest BCUT2D eigenvalue weighted by Crippen LogP contribution is 2.27. The molecule has 3 rings (SSSR count). The summed E-state index contributed by atoms with van der Waals surface area (Å²) < 4.78 is 0. The zero-order valence-corrected chi connectivity index (χ0v) is 12.8. The molecule has 0 radical (unpaired) electrons. The standard InChI is InChI=1S/C17H27N3/c1-19(2)17(14-6-4-3-5-7-14)12-18-16-9-11-20-10-8-15(16)13-20/h3-7,15-18H,8-13H2,1-2H3. The van der Waals surface area contributed by atoms with E-state index in [0.29, 0.717) is 6.04 Å². The number of nitrogens with zero attached hydrogens (tertiary/aromatic N) is 2. The lowest BCUT2D eigenvalue weighted by molar-refractivity contribution is 0.204. The number of rotatable bonds is 5. The van der Waals surface area contributed by atoms with Crippen molar-refractivity contribution >= 4 is 0 Å². The summed E-state index contributed by atoms with van der Waals surface area (Å²) in [7, 11) is 4.36. The van der Waals surface area contributed by atoms with E-state index < -0.39 is 0 Å². The predicted molar refractivity (Wildman–Crippen MR) is 83.8 cm³/mol. The van der Waals surface area contributed by atoms with Gasteiger partial charge in [-0.05, 0) is 51.5 Å². The summed E-state index contributed by atoms with van der Waals surface area (Å²) in [4.78, 5) is 4.94. The molecule has 1 aromatic rings. The van der Waals surface area contributed by atoms with Crippen LogP contribution in [0.4, 0.5) is 0 Å². The Morgan fingerprint density at radius 2 is 1.95 bits per heavy atom. The van der Waals surface area contributed by atoms with Gasteiger partial charge in [0.15, 0.2) is 0 Å². The van der Waals surface area contributed by atoms with Gasteiger partial charge >= 0.3 is 0 Å². The maximum absolute atomic E-state index is 3.86. The summed E-state index contributed by atoms with van der Waals surface area (Å²) in [5, 5.41) is 3.86. The van der Waals surface area contributed by atoms with Crippen molar-refractivity contribution in [3.05, 3.63) is 35.9 Å². The normalized spacial score (nSPS) is 30.6. The van der Waals surface area contributed by atoms with Crippen LogP contribution in [0.3, 0.4) is 0 Å². The summed E-state index contributed by atoms with van der Waals surface area (Å²) >= 11 is 0. The number of likely N-dealkylation sites (N-methyl/N-ethyl adjacent to an activating group) is 1. The molecule has 2 bridgehead atoms. The third-order valence-corrected chi connectivity index (χ3v) is 5.02. The first-order valence-corrected chi connectivity index (χ1v) is 7.91. The van der Waals surface area contributed by atoms with Crippen molar-refractivity contribution < 1.29 is 0 Å². The van der Waals surface area contributed by atoms with Crippen molar-refractivity contribution in [1.82, 2.24) is 15.1 Å². The van der Waals surface area contributed by atoms with Gasteiger partial charge < -0.3 is 15.1 Å². The van der Waals surface area contributed by atoms with Gasteiger partial charge in [-0.3, -0.25) is 0 Å². The molecule has 2 fully saturated rings. The molecule has 1 aromatic carbocycles. The first kappa shape index (κ1) is 14.1. The van der Waals surface area contributed by atoms with Crippen molar-refractivity contribution in [3.63, 3.8) is 0 Å². The fourth-order valence-corrected chi connectivity index (χ4v) is 3.76. The van der Waals surface area contributed by atoms with E-state index in [9.17, 15) is 0 Å². The number of hydrogen-bond acceptors (Lipinski definition) is 3. The molecule has 3 nitrogen and oxygen atoms in total. The SMILES string of the molecule is CN(C)C(CNC1CCN2CCC1C2)c1ccccc1. The van der Waals surface area contributed by atoms with E-state index >= 15 is 0 Å². The Morgan fingerprint density at radius 3 is 2.70 bits per heavy atom. The predicted octanol–water partition coefficient (Wildman–Crippen LogP) is 1.97. The lowest BCUT2D eigenvalue weighted by Gasteiger charge is -2.33. The molecule has 0 aliphatic carbocycles. The molecule has 2 aliphatic rings. The summed E-state index contributed by atoms with van der Waals surface area (Å²) in [6.45, 7) is 4.97. The van der Waals surface area contributed by atoms with Crippen LogP contribution in [0.1, 0.15) is 24.4 Å². The van der Waals surface area contributed by atoms with Crippen molar-refractivity contribution in [1.29, 1.82) is 0 Å². The Bertz CT molecular complexity index is 418. The maximum Gasteiger partial charge on any atom is 0.0466 e. The fraction of sp³-hybridized carbons (Fsp3) is 0.647. The van der Waals surface area contributed by atoms with Gasteiger partial charge in [0.25, 0.3) is 0 Å². The van der Waals surface area contributed by atoms with E-state index in [1.807, 2.05) is 0 Å². The molecular formula is C17H27N3. The fourth-order valence-electron chi connectivity index (χ4n) is 3.76. The first-order valence-electron chi connectivity index (χ1n) is 7.91. The van der Waals surface area contributed by atoms with Crippen LogP contribution in [-0.4, -0.2) is 56.1 Å². The van der Waals surface area contributed by atoms with Gasteiger partial charge in [0.2, 0.25) is 0 Å². The number of hydrogen-bond donors (Lipinski definition) is 1. The van der Waals surface area contributed by atoms with E-state index in [1.54, 1.807) is 0 Å². The smallest absolute Gasteiger partial charge is 0.0466 e. The summed E-state index contributed by atoms with van der Waals surface area (Å²) in [5.74, 6) is 0.877. The molecule has 2 aliphatic heterocycles. The average molecular weight is 273 g/mol. The molecule has 4 unspecified atom stereocenters. The van der Waals surface area contributed by atoms with Crippen LogP contribution in [0, 0.1) is 5.92 Å². The van der Waals surface area contributed by atoms with Crippen molar-refractivity contribution in [2.45, 2.75) is 24.9 Å². The minimum atomic E-state index is 0.468. The third-order valence-electron chi connectivity index (χ3n) is 5.02. The molecule has 0 aromatic heterocycles. The van der Waals surface area contributed by atoms with Gasteiger partial charge in [0.1, 0.15) is 0 Å². The van der Waals surface area contributed by atoms with E-state index in [0.717, 1.165) is 18.5 Å². The Labute approximate surface area is 123 Å². The van der Waals surface area contributed by atoms with E-state index in [-0.39, 0.29) is 0 Å². The highest BCUT2D eigenvalue weighted by molar-refractivity contribution is 5.19. The molecule has 110 valence electrons. The Balaban J connectivity index is 1.60. The maximum atomic E-state index is 3.86. The highest BCUT2D eigenvalue weighted by atomic mass is 15.2. The van der Waals surface area contributed by atoms with Crippen molar-refractivity contribution in [2.75, 3.05) is 40.3 Å². The van der Waals surface area contributed by atoms with E-state index in [2.05, 4.69) is 59.5 Å². The average Bonchev–Trinajstić information content (AvgIpc) is 2.84. The minimum absolute atomic E-state index is 0.468. The Hall–Kier alpha value is -0.900. The van der Waals surface area contributed by atoms with Gasteiger partial charge in [0.05, 0.1) is 0 Å². The zero-order chi connectivity index (χ0) is 13.9. The van der Waals surface area contributed by atoms with Crippen LogP contribution >= 0.6 is 0 Å². The minimum Gasteiger partial charge on any atom is -0.312 e. The Kier molecular flexibility index (Phi) is 4.39. The highest BCUT2D eigenvalue weighted by Gasteiger charge is 2.34. The second kappa shape index (κ2) is 6.25. The monoisotopic (exact) mass is 273 g/mol. The van der Waals surface area contributed by atoms with Gasteiger partial charge in [-0.2, -0.15) is 0 Å². The molecule has 4 atom stereocenters. The van der Waals surface area contributed by atoms with Crippen LogP contribution in [0.2, 0.25) is 0 Å². The molecule has 0 saturated carbocycles. The van der Waals surface area contributed by atoms with Gasteiger partial charge in [-0.15, -0.1) is 0 Å². The van der Waals surface area contributed by atoms with Crippen LogP contribution in [0.15, 0.2) is 30.3 Å². The topological polar surface area (TPSA) is 18.5 Å². The van der Waals surface area contributed by atoms with E-state index in [1.165, 1.54) is 38.0 Å². The quantitative estimate of drug-likeness (QED) is 0.885. The molecule has 3 heteroatoms. The Morgan fingerprint density at radius 1 is 1.20 bits per heavy atom. The second-order valence-corrected chi connectivity index (χ2v) is 6.54. The lowest BCUT2D eigenvalue weighted by Crippen LogP contribution is -2.46. The zero-order valence-electron chi connectivity index (χ0n) is 12.8. The van der Waals surface area contributed by atoms with Crippen LogP contribution in [-0.2, 0) is 0 Å². The summed E-state index contributed by atoms with van der Waals surface area (Å²) in [5.41, 5.74) is 1.41. The molecule has 0 spiro atoms. The van der Waals surface area contributed by atoms with Gasteiger partial charge in [0, 0.05) is 25.2 Å². The van der Waals surface area contributed by atoms with Crippen LogP contribution < -0.4 is 5.32 Å². The molecule has 1 N–H and O–H groups in total. The lowest BCUT2D eigenvalue weighted by atomic mass is 9.93. The largest absolute Gasteiger partial charge is 0.312 e. The molecule has 20 heavy (non-hydrogen) atoms. The number of piperidine rings is 1. The molecule has 0 amide bonds. The third kappa shape index (κ3) is 3.05. The molecular weight excluding hydrogens is 246 g/mol. The van der Waals surface area contributed by atoms with Crippen molar-refractivity contribution in [2.24, 2.45) is 5.92 Å². The molecule has 2 heterocycles. The van der Waals surface area contributed by atoms with Gasteiger partial charge in [-0.25, -0.2) is 0 Å². The van der Waals surface area contributed by atoms with Crippen LogP contribution in [0.5, 0.6) is 0 Å². The number of fused-ring (bicyclic) bond motifs is 2. The molecule has 2 saturated heterocycles.